The zero-order valence-electron chi connectivity index (χ0n) is 20.2. The third-order valence-corrected chi connectivity index (χ3v) is 6.06. The third-order valence-electron chi connectivity index (χ3n) is 6.06. The van der Waals surface area contributed by atoms with E-state index in [1.807, 2.05) is 26.0 Å². The highest BCUT2D eigenvalue weighted by atomic mass is 19.2. The first kappa shape index (κ1) is 25.9. The van der Waals surface area contributed by atoms with Crippen LogP contribution in [0.2, 0.25) is 0 Å². The average Bonchev–Trinajstić information content (AvgIpc) is 2.89. The molecule has 3 aromatic rings. The lowest BCUT2D eigenvalue weighted by molar-refractivity contribution is -0.199. The van der Waals surface area contributed by atoms with Crippen molar-refractivity contribution in [3.05, 3.63) is 89.5 Å². The first-order valence-corrected chi connectivity index (χ1v) is 12.0. The number of hydrogen-bond donors (Lipinski definition) is 0. The van der Waals surface area contributed by atoms with E-state index in [4.69, 9.17) is 14.2 Å². The zero-order valence-corrected chi connectivity index (χ0v) is 20.2. The summed E-state index contributed by atoms with van der Waals surface area (Å²) in [7, 11) is 0. The van der Waals surface area contributed by atoms with E-state index >= 15 is 0 Å². The maximum absolute atomic E-state index is 15.0. The second-order valence-electron chi connectivity index (χ2n) is 8.63. The molecule has 190 valence electrons. The fourth-order valence-electron chi connectivity index (χ4n) is 4.07. The maximum Gasteiger partial charge on any atom is 0.201 e. The molecule has 0 aromatic heterocycles. The molecule has 0 N–H and O–H groups in total. The lowest BCUT2D eigenvalue weighted by Crippen LogP contribution is -2.26. The van der Waals surface area contributed by atoms with Crippen molar-refractivity contribution in [2.24, 2.45) is 5.92 Å². The van der Waals surface area contributed by atoms with Crippen molar-refractivity contribution >= 4 is 0 Å². The van der Waals surface area contributed by atoms with Gasteiger partial charge in [0.25, 0.3) is 0 Å². The van der Waals surface area contributed by atoms with Crippen LogP contribution in [0.25, 0.3) is 22.3 Å². The van der Waals surface area contributed by atoms with Gasteiger partial charge in [0.1, 0.15) is 0 Å². The van der Waals surface area contributed by atoms with Crippen LogP contribution in [0, 0.1) is 29.2 Å². The molecule has 0 spiro atoms. The monoisotopic (exact) mass is 500 g/mol. The molecule has 7 heteroatoms. The van der Waals surface area contributed by atoms with Gasteiger partial charge in [-0.2, -0.15) is 4.39 Å². The normalized spacial score (nSPS) is 18.1. The van der Waals surface area contributed by atoms with Crippen molar-refractivity contribution in [3.63, 3.8) is 0 Å². The van der Waals surface area contributed by atoms with Gasteiger partial charge in [0.2, 0.25) is 5.82 Å². The van der Waals surface area contributed by atoms with Crippen LogP contribution in [0.3, 0.4) is 0 Å². The molecular formula is C29H28F4O3. The van der Waals surface area contributed by atoms with Gasteiger partial charge in [-0.3, -0.25) is 0 Å². The van der Waals surface area contributed by atoms with Gasteiger partial charge in [-0.05, 0) is 36.6 Å². The summed E-state index contributed by atoms with van der Waals surface area (Å²) < 4.78 is 75.5. The molecule has 0 bridgehead atoms. The second-order valence-corrected chi connectivity index (χ2v) is 8.63. The maximum atomic E-state index is 15.0. The first-order valence-electron chi connectivity index (χ1n) is 12.0. The van der Waals surface area contributed by atoms with E-state index in [-0.39, 0.29) is 28.4 Å². The smallest absolute Gasteiger partial charge is 0.201 e. The van der Waals surface area contributed by atoms with Gasteiger partial charge in [0, 0.05) is 22.6 Å². The molecule has 1 aliphatic heterocycles. The molecule has 0 amide bonds. The number of benzene rings is 3. The molecule has 1 aliphatic rings. The highest BCUT2D eigenvalue weighted by molar-refractivity contribution is 5.71. The summed E-state index contributed by atoms with van der Waals surface area (Å²) in [5.41, 5.74) is 0.863. The van der Waals surface area contributed by atoms with Crippen LogP contribution >= 0.6 is 0 Å². The van der Waals surface area contributed by atoms with Gasteiger partial charge < -0.3 is 14.2 Å². The summed E-state index contributed by atoms with van der Waals surface area (Å²) in [4.78, 5) is 0. The van der Waals surface area contributed by atoms with E-state index in [2.05, 4.69) is 0 Å². The lowest BCUT2D eigenvalue weighted by atomic mass is 9.98. The van der Waals surface area contributed by atoms with Crippen molar-refractivity contribution in [1.29, 1.82) is 0 Å². The van der Waals surface area contributed by atoms with Crippen molar-refractivity contribution in [2.45, 2.75) is 33.0 Å². The Bertz CT molecular complexity index is 1220. The minimum Gasteiger partial charge on any atom is -0.490 e. The molecule has 1 saturated heterocycles. The van der Waals surface area contributed by atoms with Crippen molar-refractivity contribution in [1.82, 2.24) is 0 Å². The largest absolute Gasteiger partial charge is 0.490 e. The van der Waals surface area contributed by atoms with Crippen LogP contribution in [-0.4, -0.2) is 19.8 Å². The molecule has 0 atom stereocenters. The summed E-state index contributed by atoms with van der Waals surface area (Å²) in [6.45, 7) is 4.87. The van der Waals surface area contributed by atoms with Gasteiger partial charge in [0.05, 0.1) is 19.8 Å². The van der Waals surface area contributed by atoms with Crippen LogP contribution in [0.4, 0.5) is 17.6 Å². The molecule has 0 saturated carbocycles. The summed E-state index contributed by atoms with van der Waals surface area (Å²) in [6.07, 6.45) is 4.46. The van der Waals surface area contributed by atoms with Crippen LogP contribution in [0.15, 0.2) is 60.7 Å². The Morgan fingerprint density at radius 2 is 1.39 bits per heavy atom. The van der Waals surface area contributed by atoms with Crippen molar-refractivity contribution in [3.8, 4) is 28.0 Å². The van der Waals surface area contributed by atoms with Crippen LogP contribution < -0.4 is 4.74 Å². The number of halogens is 4. The topological polar surface area (TPSA) is 27.7 Å². The Hall–Kier alpha value is -3.16. The van der Waals surface area contributed by atoms with Crippen LogP contribution in [0.1, 0.15) is 38.5 Å². The molecular weight excluding hydrogens is 472 g/mol. The van der Waals surface area contributed by atoms with Crippen molar-refractivity contribution < 1.29 is 31.8 Å². The third kappa shape index (κ3) is 5.47. The van der Waals surface area contributed by atoms with Gasteiger partial charge in [-0.25, -0.2) is 13.2 Å². The minimum absolute atomic E-state index is 0.00871. The predicted molar refractivity (Wildman–Crippen MR) is 130 cm³/mol. The lowest BCUT2D eigenvalue weighted by Gasteiger charge is -2.28. The van der Waals surface area contributed by atoms with E-state index in [1.54, 1.807) is 0 Å². The Kier molecular flexibility index (Phi) is 8.44. The summed E-state index contributed by atoms with van der Waals surface area (Å²) in [6, 6.07) is 11.9. The van der Waals surface area contributed by atoms with Gasteiger partial charge >= 0.3 is 0 Å². The standard InChI is InChI=1S/C29H28F4O3/c1-3-5-15-34-24-14-13-22(26(31)28(24)33)20-9-7-19(8-10-20)21-11-12-23(27(32)25(21)30)29-35-16-18(6-4-2)17-36-29/h4,6-14,18,29H,3,5,15-17H2,1-2H3/b6-4+. The van der Waals surface area contributed by atoms with Gasteiger partial charge in [0.15, 0.2) is 29.5 Å². The number of hydrogen-bond acceptors (Lipinski definition) is 3. The van der Waals surface area contributed by atoms with E-state index in [0.717, 1.165) is 12.8 Å². The quantitative estimate of drug-likeness (QED) is 0.178. The van der Waals surface area contributed by atoms with E-state index in [0.29, 0.717) is 30.9 Å². The number of unbranched alkanes of at least 4 members (excludes halogenated alkanes) is 1. The number of allylic oxidation sites excluding steroid dienone is 1. The Morgan fingerprint density at radius 3 is 1.97 bits per heavy atom. The molecule has 3 aromatic carbocycles. The molecule has 1 fully saturated rings. The highest BCUT2D eigenvalue weighted by Gasteiger charge is 2.27. The van der Waals surface area contributed by atoms with Gasteiger partial charge in [-0.1, -0.05) is 61.9 Å². The summed E-state index contributed by atoms with van der Waals surface area (Å²) in [5, 5.41) is 0. The fourth-order valence-corrected chi connectivity index (χ4v) is 4.07. The molecule has 0 unspecified atom stereocenters. The molecule has 36 heavy (non-hydrogen) atoms. The molecule has 0 aliphatic carbocycles. The van der Waals surface area contributed by atoms with E-state index < -0.39 is 29.6 Å². The zero-order chi connectivity index (χ0) is 25.7. The van der Waals surface area contributed by atoms with Crippen LogP contribution in [0.5, 0.6) is 5.75 Å². The number of rotatable bonds is 8. The highest BCUT2D eigenvalue weighted by Crippen LogP contribution is 2.35. The van der Waals surface area contributed by atoms with Crippen LogP contribution in [-0.2, 0) is 9.47 Å². The van der Waals surface area contributed by atoms with E-state index in [9.17, 15) is 17.6 Å². The average molecular weight is 501 g/mol. The van der Waals surface area contributed by atoms with Crippen molar-refractivity contribution in [2.75, 3.05) is 19.8 Å². The summed E-state index contributed by atoms with van der Waals surface area (Å²) >= 11 is 0. The molecule has 0 radical (unpaired) electrons. The Morgan fingerprint density at radius 1 is 0.806 bits per heavy atom. The SMILES string of the molecule is C/C=C/C1COC(c2ccc(-c3ccc(-c4ccc(OCCCC)c(F)c4F)cc3)c(F)c2F)OC1. The Balaban J connectivity index is 1.53. The fraction of sp³-hybridized carbons (Fsp3) is 0.310. The van der Waals surface area contributed by atoms with E-state index in [1.165, 1.54) is 48.5 Å². The molecule has 3 nitrogen and oxygen atoms in total. The Labute approximate surface area is 208 Å². The predicted octanol–water partition coefficient (Wildman–Crippen LogP) is 7.99. The first-order chi connectivity index (χ1) is 17.4. The molecule has 4 rings (SSSR count). The second kappa shape index (κ2) is 11.7. The summed E-state index contributed by atoms with van der Waals surface area (Å²) in [5.74, 6) is -4.23. The minimum atomic E-state index is -1.06. The van der Waals surface area contributed by atoms with Gasteiger partial charge in [-0.15, -0.1) is 0 Å². The number of ether oxygens (including phenoxy) is 3. The molecule has 1 heterocycles.